The van der Waals surface area contributed by atoms with Crippen LogP contribution in [0.4, 0.5) is 10.1 Å². The third-order valence-electron chi connectivity index (χ3n) is 5.23. The van der Waals surface area contributed by atoms with Gasteiger partial charge in [-0.1, -0.05) is 12.1 Å². The van der Waals surface area contributed by atoms with Crippen molar-refractivity contribution in [3.63, 3.8) is 0 Å². The molecule has 0 aromatic heterocycles. The van der Waals surface area contributed by atoms with Crippen LogP contribution in [-0.2, 0) is 6.54 Å². The van der Waals surface area contributed by atoms with Crippen LogP contribution in [0, 0.1) is 12.7 Å². The van der Waals surface area contributed by atoms with E-state index in [-0.39, 0.29) is 29.1 Å². The van der Waals surface area contributed by atoms with Gasteiger partial charge in [0.2, 0.25) is 0 Å². The number of amides is 3. The predicted octanol–water partition coefficient (Wildman–Crippen LogP) is 4.26. The summed E-state index contributed by atoms with van der Waals surface area (Å²) in [5, 5.41) is 2.76. The van der Waals surface area contributed by atoms with Crippen LogP contribution in [0.1, 0.15) is 49.1 Å². The normalized spacial score (nSPS) is 12.7. The minimum Gasteiger partial charge on any atom is -0.494 e. The van der Waals surface area contributed by atoms with E-state index in [1.165, 1.54) is 24.3 Å². The first-order valence-corrected chi connectivity index (χ1v) is 10.2. The Labute approximate surface area is 184 Å². The fraction of sp³-hybridized carbons (Fsp3) is 0.160. The van der Waals surface area contributed by atoms with Gasteiger partial charge in [0, 0.05) is 12.1 Å². The van der Waals surface area contributed by atoms with Crippen LogP contribution in [0.3, 0.4) is 0 Å². The Kier molecular flexibility index (Phi) is 5.73. The molecule has 3 aromatic rings. The number of carbonyl (C=O) groups excluding carboxylic acids is 3. The molecule has 0 aliphatic carbocycles. The van der Waals surface area contributed by atoms with Crippen LogP contribution in [0.15, 0.2) is 60.7 Å². The van der Waals surface area contributed by atoms with E-state index in [2.05, 4.69) is 5.32 Å². The number of fused-ring (bicyclic) bond motifs is 1. The second-order valence-electron chi connectivity index (χ2n) is 7.40. The summed E-state index contributed by atoms with van der Waals surface area (Å²) in [6.45, 7) is 4.24. The monoisotopic (exact) mass is 432 g/mol. The summed E-state index contributed by atoms with van der Waals surface area (Å²) in [5.74, 6) is -0.988. The molecule has 3 aromatic carbocycles. The van der Waals surface area contributed by atoms with Gasteiger partial charge < -0.3 is 10.1 Å². The molecule has 7 heteroatoms. The second kappa shape index (κ2) is 8.63. The molecule has 0 saturated carbocycles. The van der Waals surface area contributed by atoms with Crippen LogP contribution in [0.2, 0.25) is 0 Å². The minimum absolute atomic E-state index is 0.175. The van der Waals surface area contributed by atoms with E-state index in [1.807, 2.05) is 6.92 Å². The van der Waals surface area contributed by atoms with Crippen LogP contribution in [0.25, 0.3) is 0 Å². The minimum atomic E-state index is -0.488. The summed E-state index contributed by atoms with van der Waals surface area (Å²) in [6.07, 6.45) is 0. The number of aryl methyl sites for hydroxylation is 1. The average molecular weight is 432 g/mol. The first-order valence-electron chi connectivity index (χ1n) is 10.2. The Bertz CT molecular complexity index is 1220. The summed E-state index contributed by atoms with van der Waals surface area (Å²) in [5.41, 5.74) is 2.36. The molecule has 6 nitrogen and oxygen atoms in total. The number of carbonyl (C=O) groups is 3. The zero-order chi connectivity index (χ0) is 22.8. The average Bonchev–Trinajstić information content (AvgIpc) is 3.05. The molecule has 0 atom stereocenters. The number of hydrogen-bond acceptors (Lipinski definition) is 4. The molecular formula is C25H21FN2O4. The molecule has 0 bridgehead atoms. The maximum absolute atomic E-state index is 13.4. The van der Waals surface area contributed by atoms with Gasteiger partial charge >= 0.3 is 0 Å². The van der Waals surface area contributed by atoms with E-state index < -0.39 is 17.7 Å². The van der Waals surface area contributed by atoms with E-state index in [9.17, 15) is 18.8 Å². The molecule has 0 spiro atoms. The summed E-state index contributed by atoms with van der Waals surface area (Å²) < 4.78 is 18.8. The number of hydrogen-bond donors (Lipinski definition) is 1. The van der Waals surface area contributed by atoms with Crippen molar-refractivity contribution in [2.24, 2.45) is 0 Å². The van der Waals surface area contributed by atoms with Gasteiger partial charge in [0.05, 0.1) is 23.4 Å². The predicted molar refractivity (Wildman–Crippen MR) is 118 cm³/mol. The zero-order valence-electron chi connectivity index (χ0n) is 17.6. The molecular weight excluding hydrogens is 411 g/mol. The number of nitrogens with zero attached hydrogens (tertiary/aromatic N) is 1. The van der Waals surface area contributed by atoms with Crippen LogP contribution in [0.5, 0.6) is 5.75 Å². The topological polar surface area (TPSA) is 75.7 Å². The van der Waals surface area contributed by atoms with Crippen molar-refractivity contribution < 1.29 is 23.5 Å². The molecule has 0 radical (unpaired) electrons. The van der Waals surface area contributed by atoms with Gasteiger partial charge in [0.15, 0.2) is 0 Å². The smallest absolute Gasteiger partial charge is 0.266 e. The highest BCUT2D eigenvalue weighted by Crippen LogP contribution is 2.30. The SMILES string of the molecule is CCOc1ccc(N2C(=O)c3ccc(C(=O)NCc4ccc(F)c(C)c4)cc3C2=O)cc1. The molecule has 1 aliphatic rings. The molecule has 162 valence electrons. The molecule has 1 heterocycles. The maximum atomic E-state index is 13.4. The summed E-state index contributed by atoms with van der Waals surface area (Å²) in [7, 11) is 0. The van der Waals surface area contributed by atoms with E-state index >= 15 is 0 Å². The molecule has 0 unspecified atom stereocenters. The number of halogens is 1. The fourth-order valence-corrected chi connectivity index (χ4v) is 3.58. The summed E-state index contributed by atoms with van der Waals surface area (Å²) in [6, 6.07) is 15.7. The van der Waals surface area contributed by atoms with Crippen LogP contribution in [-0.4, -0.2) is 24.3 Å². The lowest BCUT2D eigenvalue weighted by Crippen LogP contribution is -2.29. The lowest BCUT2D eigenvalue weighted by Gasteiger charge is -2.14. The van der Waals surface area contributed by atoms with E-state index in [0.29, 0.717) is 23.6 Å². The van der Waals surface area contributed by atoms with Crippen molar-refractivity contribution in [3.8, 4) is 5.75 Å². The van der Waals surface area contributed by atoms with Crippen molar-refractivity contribution in [1.29, 1.82) is 0 Å². The molecule has 32 heavy (non-hydrogen) atoms. The number of nitrogens with one attached hydrogen (secondary N) is 1. The Morgan fingerprint density at radius 1 is 0.969 bits per heavy atom. The zero-order valence-corrected chi connectivity index (χ0v) is 17.6. The third-order valence-corrected chi connectivity index (χ3v) is 5.23. The molecule has 0 fully saturated rings. The van der Waals surface area contributed by atoms with Crippen LogP contribution < -0.4 is 15.0 Å². The standard InChI is InChI=1S/C25H21FN2O4/c1-3-32-19-8-6-18(7-9-19)28-24(30)20-10-5-17(13-21(20)25(28)31)23(29)27-14-16-4-11-22(26)15(2)12-16/h4-13H,3,14H2,1-2H3,(H,27,29). The Morgan fingerprint density at radius 3 is 2.38 bits per heavy atom. The van der Waals surface area contributed by atoms with Gasteiger partial charge in [-0.15, -0.1) is 0 Å². The van der Waals surface area contributed by atoms with Crippen molar-refractivity contribution >= 4 is 23.4 Å². The highest BCUT2D eigenvalue weighted by molar-refractivity contribution is 6.34. The van der Waals surface area contributed by atoms with Crippen molar-refractivity contribution in [1.82, 2.24) is 5.32 Å². The third kappa shape index (κ3) is 3.97. The van der Waals surface area contributed by atoms with Gasteiger partial charge in [-0.3, -0.25) is 14.4 Å². The first kappa shape index (κ1) is 21.2. The summed E-state index contributed by atoms with van der Waals surface area (Å²) in [4.78, 5) is 39.4. The van der Waals surface area contributed by atoms with Gasteiger partial charge in [0.1, 0.15) is 11.6 Å². The number of anilines is 1. The van der Waals surface area contributed by atoms with Gasteiger partial charge in [-0.25, -0.2) is 9.29 Å². The molecule has 4 rings (SSSR count). The summed E-state index contributed by atoms with van der Waals surface area (Å²) >= 11 is 0. The highest BCUT2D eigenvalue weighted by Gasteiger charge is 2.37. The van der Waals surface area contributed by atoms with Crippen molar-refractivity contribution in [3.05, 3.63) is 94.3 Å². The van der Waals surface area contributed by atoms with Crippen molar-refractivity contribution in [2.75, 3.05) is 11.5 Å². The number of imide groups is 1. The lowest BCUT2D eigenvalue weighted by atomic mass is 10.1. The second-order valence-corrected chi connectivity index (χ2v) is 7.40. The number of ether oxygens (including phenoxy) is 1. The number of rotatable bonds is 6. The van der Waals surface area contributed by atoms with E-state index in [0.717, 1.165) is 10.5 Å². The van der Waals surface area contributed by atoms with Crippen LogP contribution >= 0.6 is 0 Å². The number of benzene rings is 3. The molecule has 3 amide bonds. The van der Waals surface area contributed by atoms with Gasteiger partial charge in [-0.05, 0) is 73.5 Å². The van der Waals surface area contributed by atoms with Gasteiger partial charge in [0.25, 0.3) is 17.7 Å². The van der Waals surface area contributed by atoms with E-state index in [1.54, 1.807) is 43.3 Å². The first-order chi connectivity index (χ1) is 15.4. The van der Waals surface area contributed by atoms with Gasteiger partial charge in [-0.2, -0.15) is 0 Å². The lowest BCUT2D eigenvalue weighted by molar-refractivity contribution is 0.0923. The quantitative estimate of drug-likeness (QED) is 0.591. The Hall–Kier alpha value is -4.00. The Morgan fingerprint density at radius 2 is 1.69 bits per heavy atom. The fourth-order valence-electron chi connectivity index (χ4n) is 3.58. The van der Waals surface area contributed by atoms with Crippen molar-refractivity contribution in [2.45, 2.75) is 20.4 Å². The molecule has 1 N–H and O–H groups in total. The maximum Gasteiger partial charge on any atom is 0.266 e. The molecule has 1 aliphatic heterocycles. The highest BCUT2D eigenvalue weighted by atomic mass is 19.1. The molecule has 0 saturated heterocycles. The largest absolute Gasteiger partial charge is 0.494 e. The Balaban J connectivity index is 1.51. The van der Waals surface area contributed by atoms with E-state index in [4.69, 9.17) is 4.74 Å².